The van der Waals surface area contributed by atoms with E-state index in [-0.39, 0.29) is 11.6 Å². The lowest BCUT2D eigenvalue weighted by atomic mass is 9.91. The molecular weight excluding hydrogens is 219 g/mol. The summed E-state index contributed by atoms with van der Waals surface area (Å²) in [4.78, 5) is 12.2. The summed E-state index contributed by atoms with van der Waals surface area (Å²) in [6.45, 7) is 0. The van der Waals surface area contributed by atoms with Crippen molar-refractivity contribution in [3.05, 3.63) is 35.6 Å². The lowest BCUT2D eigenvalue weighted by Crippen LogP contribution is -2.38. The Balaban J connectivity index is 2.08. The maximum Gasteiger partial charge on any atom is 0.168 e. The molecule has 0 aliphatic heterocycles. The Labute approximate surface area is 101 Å². The smallest absolute Gasteiger partial charge is 0.168 e. The van der Waals surface area contributed by atoms with Gasteiger partial charge in [0.1, 0.15) is 11.4 Å². The Hall–Kier alpha value is -1.22. The molecule has 1 saturated carbocycles. The summed E-state index contributed by atoms with van der Waals surface area (Å²) in [7, 11) is 1.61. The summed E-state index contributed by atoms with van der Waals surface area (Å²) in [6.07, 6.45) is 4.03. The van der Waals surface area contributed by atoms with Gasteiger partial charge in [0.05, 0.1) is 0 Å². The zero-order valence-electron chi connectivity index (χ0n) is 10.0. The van der Waals surface area contributed by atoms with E-state index in [1.165, 1.54) is 12.1 Å². The quantitative estimate of drug-likeness (QED) is 0.803. The van der Waals surface area contributed by atoms with E-state index in [9.17, 15) is 9.18 Å². The third-order valence-corrected chi connectivity index (χ3v) is 3.59. The van der Waals surface area contributed by atoms with Crippen LogP contribution in [0.2, 0.25) is 0 Å². The highest BCUT2D eigenvalue weighted by atomic mass is 19.1. The minimum Gasteiger partial charge on any atom is -0.370 e. The molecule has 0 aromatic heterocycles. The largest absolute Gasteiger partial charge is 0.370 e. The summed E-state index contributed by atoms with van der Waals surface area (Å²) in [5.41, 5.74) is 0.258. The lowest BCUT2D eigenvalue weighted by Gasteiger charge is -2.25. The van der Waals surface area contributed by atoms with E-state index in [2.05, 4.69) is 0 Å². The van der Waals surface area contributed by atoms with Crippen LogP contribution < -0.4 is 0 Å². The van der Waals surface area contributed by atoms with Crippen LogP contribution in [-0.4, -0.2) is 18.5 Å². The summed E-state index contributed by atoms with van der Waals surface area (Å²) in [6, 6.07) is 6.09. The lowest BCUT2D eigenvalue weighted by molar-refractivity contribution is -0.139. The van der Waals surface area contributed by atoms with Crippen molar-refractivity contribution >= 4 is 5.78 Å². The van der Waals surface area contributed by atoms with Gasteiger partial charge in [0, 0.05) is 13.5 Å². The molecule has 1 aromatic carbocycles. The average Bonchev–Trinajstić information content (AvgIpc) is 2.82. The molecule has 0 amide bonds. The Morgan fingerprint density at radius 2 is 1.88 bits per heavy atom. The maximum atomic E-state index is 12.8. The number of benzene rings is 1. The first-order valence-corrected chi connectivity index (χ1v) is 5.99. The van der Waals surface area contributed by atoms with Crippen LogP contribution in [0.1, 0.15) is 31.2 Å². The van der Waals surface area contributed by atoms with Crippen LogP contribution in [0.25, 0.3) is 0 Å². The monoisotopic (exact) mass is 236 g/mol. The fourth-order valence-corrected chi connectivity index (χ4v) is 2.49. The van der Waals surface area contributed by atoms with Gasteiger partial charge in [-0.2, -0.15) is 0 Å². The van der Waals surface area contributed by atoms with Gasteiger partial charge in [-0.05, 0) is 43.4 Å². The van der Waals surface area contributed by atoms with E-state index in [4.69, 9.17) is 4.74 Å². The minimum atomic E-state index is -0.589. The third-order valence-electron chi connectivity index (χ3n) is 3.59. The van der Waals surface area contributed by atoms with Gasteiger partial charge in [-0.15, -0.1) is 0 Å². The predicted octanol–water partition coefficient (Wildman–Crippen LogP) is 2.90. The Morgan fingerprint density at radius 3 is 2.41 bits per heavy atom. The molecule has 0 saturated heterocycles. The van der Waals surface area contributed by atoms with Gasteiger partial charge >= 0.3 is 0 Å². The molecule has 1 aromatic rings. The molecule has 2 nitrogen and oxygen atoms in total. The second-order valence-electron chi connectivity index (χ2n) is 4.63. The topological polar surface area (TPSA) is 26.3 Å². The van der Waals surface area contributed by atoms with E-state index in [0.717, 1.165) is 31.2 Å². The van der Waals surface area contributed by atoms with E-state index in [1.54, 1.807) is 19.2 Å². The first kappa shape index (κ1) is 12.2. The molecule has 17 heavy (non-hydrogen) atoms. The molecule has 0 heterocycles. The zero-order valence-corrected chi connectivity index (χ0v) is 10.0. The fourth-order valence-electron chi connectivity index (χ4n) is 2.49. The first-order valence-electron chi connectivity index (χ1n) is 5.99. The van der Waals surface area contributed by atoms with Crippen LogP contribution in [0.4, 0.5) is 4.39 Å². The van der Waals surface area contributed by atoms with Crippen molar-refractivity contribution in [1.29, 1.82) is 0 Å². The zero-order chi connectivity index (χ0) is 12.3. The third kappa shape index (κ3) is 2.55. The van der Waals surface area contributed by atoms with E-state index in [0.29, 0.717) is 6.42 Å². The number of carbonyl (C=O) groups excluding carboxylic acids is 1. The van der Waals surface area contributed by atoms with Crippen LogP contribution >= 0.6 is 0 Å². The van der Waals surface area contributed by atoms with Gasteiger partial charge in [0.15, 0.2) is 5.78 Å². The number of rotatable bonds is 4. The van der Waals surface area contributed by atoms with Crippen molar-refractivity contribution in [2.45, 2.75) is 37.7 Å². The normalized spacial score (nSPS) is 18.2. The molecular formula is C14H17FO2. The van der Waals surface area contributed by atoms with Crippen LogP contribution in [0, 0.1) is 5.82 Å². The standard InChI is InChI=1S/C14H17FO2/c1-17-14(8-2-3-9-14)13(16)10-11-4-6-12(15)7-5-11/h4-7H,2-3,8-10H2,1H3. The molecule has 0 unspecified atom stereocenters. The molecule has 92 valence electrons. The van der Waals surface area contributed by atoms with Gasteiger partial charge < -0.3 is 4.74 Å². The molecule has 0 spiro atoms. The molecule has 1 aliphatic rings. The number of carbonyl (C=O) groups is 1. The average molecular weight is 236 g/mol. The Morgan fingerprint density at radius 1 is 1.29 bits per heavy atom. The van der Waals surface area contributed by atoms with Crippen molar-refractivity contribution in [2.24, 2.45) is 0 Å². The molecule has 1 aliphatic carbocycles. The van der Waals surface area contributed by atoms with Gasteiger partial charge in [-0.25, -0.2) is 4.39 Å². The minimum absolute atomic E-state index is 0.115. The van der Waals surface area contributed by atoms with Crippen molar-refractivity contribution in [2.75, 3.05) is 7.11 Å². The van der Waals surface area contributed by atoms with Crippen LogP contribution in [0.5, 0.6) is 0 Å². The van der Waals surface area contributed by atoms with Gasteiger partial charge in [0.25, 0.3) is 0 Å². The van der Waals surface area contributed by atoms with Crippen molar-refractivity contribution in [1.82, 2.24) is 0 Å². The number of ketones is 1. The van der Waals surface area contributed by atoms with Gasteiger partial charge in [0.2, 0.25) is 0 Å². The SMILES string of the molecule is COC1(C(=O)Cc2ccc(F)cc2)CCCC1. The highest BCUT2D eigenvalue weighted by Crippen LogP contribution is 2.34. The summed E-state index contributed by atoms with van der Waals surface area (Å²) >= 11 is 0. The van der Waals surface area contributed by atoms with Gasteiger partial charge in [-0.3, -0.25) is 4.79 Å². The summed E-state index contributed by atoms with van der Waals surface area (Å²) in [5, 5.41) is 0. The first-order chi connectivity index (χ1) is 8.16. The highest BCUT2D eigenvalue weighted by molar-refractivity contribution is 5.89. The molecule has 2 rings (SSSR count). The van der Waals surface area contributed by atoms with E-state index >= 15 is 0 Å². The fraction of sp³-hybridized carbons (Fsp3) is 0.500. The summed E-state index contributed by atoms with van der Waals surface area (Å²) < 4.78 is 18.2. The van der Waals surface area contributed by atoms with Crippen LogP contribution in [0.15, 0.2) is 24.3 Å². The number of hydrogen-bond acceptors (Lipinski definition) is 2. The molecule has 1 fully saturated rings. The Kier molecular flexibility index (Phi) is 3.57. The number of hydrogen-bond donors (Lipinski definition) is 0. The van der Waals surface area contributed by atoms with Crippen LogP contribution in [0.3, 0.4) is 0 Å². The number of Topliss-reactive ketones (excluding diaryl/α,β-unsaturated/α-hetero) is 1. The molecule has 0 atom stereocenters. The highest BCUT2D eigenvalue weighted by Gasteiger charge is 2.40. The Bertz CT molecular complexity index is 391. The van der Waals surface area contributed by atoms with Crippen molar-refractivity contribution in [3.63, 3.8) is 0 Å². The number of halogens is 1. The molecule has 3 heteroatoms. The maximum absolute atomic E-state index is 12.8. The number of ether oxygens (including phenoxy) is 1. The van der Waals surface area contributed by atoms with Crippen LogP contribution in [-0.2, 0) is 16.0 Å². The number of methoxy groups -OCH3 is 1. The van der Waals surface area contributed by atoms with E-state index < -0.39 is 5.60 Å². The molecule has 0 radical (unpaired) electrons. The second-order valence-corrected chi connectivity index (χ2v) is 4.63. The predicted molar refractivity (Wildman–Crippen MR) is 63.3 cm³/mol. The molecule has 0 N–H and O–H groups in total. The van der Waals surface area contributed by atoms with Crippen molar-refractivity contribution < 1.29 is 13.9 Å². The van der Waals surface area contributed by atoms with Gasteiger partial charge in [-0.1, -0.05) is 12.1 Å². The second kappa shape index (κ2) is 4.96. The molecule has 0 bridgehead atoms. The van der Waals surface area contributed by atoms with E-state index in [1.807, 2.05) is 0 Å². The van der Waals surface area contributed by atoms with Crippen molar-refractivity contribution in [3.8, 4) is 0 Å². The summed E-state index contributed by atoms with van der Waals surface area (Å²) in [5.74, 6) is -0.160.